The molecule has 1 aliphatic heterocycles. The van der Waals surface area contributed by atoms with E-state index >= 15 is 0 Å². The van der Waals surface area contributed by atoms with Crippen LogP contribution < -0.4 is 0 Å². The number of rotatable bonds is 4. The number of hydrogen-bond donors (Lipinski definition) is 1. The minimum Gasteiger partial charge on any atom is -0.480 e. The fraction of sp³-hybridized carbons (Fsp3) is 0.368. The van der Waals surface area contributed by atoms with Crippen molar-refractivity contribution in [3.05, 3.63) is 65.2 Å². The fourth-order valence-electron chi connectivity index (χ4n) is 3.37. The average Bonchev–Trinajstić information content (AvgIpc) is 2.59. The molecule has 1 aromatic carbocycles. The maximum absolute atomic E-state index is 14.5. The minimum atomic E-state index is -0.858. The van der Waals surface area contributed by atoms with Crippen molar-refractivity contribution >= 4 is 5.97 Å². The quantitative estimate of drug-likeness (QED) is 0.932. The number of aryl methyl sites for hydroxylation is 1. The maximum Gasteiger partial charge on any atom is 0.320 e. The standard InChI is InChI=1S/C19H21FN2O2/c1-13-9-10-16(21-12-13)18(14-6-2-3-7-15(14)20)22-11-5-4-8-17(22)19(23)24/h2-3,6-7,9-10,12,17-18H,4-5,8,11H2,1H3,(H,23,24). The van der Waals surface area contributed by atoms with E-state index in [0.717, 1.165) is 18.4 Å². The second-order valence-corrected chi connectivity index (χ2v) is 6.27. The zero-order valence-corrected chi connectivity index (χ0v) is 13.7. The molecule has 24 heavy (non-hydrogen) atoms. The lowest BCUT2D eigenvalue weighted by Gasteiger charge is -2.39. The first-order valence-electron chi connectivity index (χ1n) is 8.23. The molecule has 2 aromatic rings. The van der Waals surface area contributed by atoms with E-state index in [1.165, 1.54) is 6.07 Å². The Bertz CT molecular complexity index is 718. The summed E-state index contributed by atoms with van der Waals surface area (Å²) in [6.45, 7) is 2.56. The molecule has 0 amide bonds. The maximum atomic E-state index is 14.5. The molecule has 2 unspecified atom stereocenters. The topological polar surface area (TPSA) is 53.4 Å². The predicted octanol–water partition coefficient (Wildman–Crippen LogP) is 3.56. The van der Waals surface area contributed by atoms with Crippen LogP contribution in [0.2, 0.25) is 0 Å². The van der Waals surface area contributed by atoms with Crippen molar-refractivity contribution in [2.45, 2.75) is 38.3 Å². The Morgan fingerprint density at radius 2 is 2.08 bits per heavy atom. The summed E-state index contributed by atoms with van der Waals surface area (Å²) in [6.07, 6.45) is 4.09. The number of piperidine rings is 1. The molecule has 0 bridgehead atoms. The van der Waals surface area contributed by atoms with Crippen LogP contribution in [0.1, 0.15) is 42.1 Å². The molecule has 2 atom stereocenters. The molecule has 4 nitrogen and oxygen atoms in total. The number of pyridine rings is 1. The van der Waals surface area contributed by atoms with Crippen molar-refractivity contribution in [2.24, 2.45) is 0 Å². The molecular formula is C19H21FN2O2. The number of likely N-dealkylation sites (tertiary alicyclic amines) is 1. The summed E-state index contributed by atoms with van der Waals surface area (Å²) >= 11 is 0. The molecule has 0 aliphatic carbocycles. The molecule has 3 rings (SSSR count). The Hall–Kier alpha value is -2.27. The second kappa shape index (κ2) is 7.09. The third-order valence-corrected chi connectivity index (χ3v) is 4.58. The lowest BCUT2D eigenvalue weighted by Crippen LogP contribution is -2.47. The molecule has 126 valence electrons. The molecule has 1 N–H and O–H groups in total. The Kier molecular flexibility index (Phi) is 4.90. The fourth-order valence-corrected chi connectivity index (χ4v) is 3.37. The van der Waals surface area contributed by atoms with E-state index in [-0.39, 0.29) is 5.82 Å². The summed E-state index contributed by atoms with van der Waals surface area (Å²) < 4.78 is 14.5. The third-order valence-electron chi connectivity index (χ3n) is 4.58. The van der Waals surface area contributed by atoms with Crippen LogP contribution in [0.3, 0.4) is 0 Å². The van der Waals surface area contributed by atoms with Crippen LogP contribution in [0.4, 0.5) is 4.39 Å². The number of carboxylic acids is 1. The first kappa shape index (κ1) is 16.6. The van der Waals surface area contributed by atoms with Crippen molar-refractivity contribution < 1.29 is 14.3 Å². The summed E-state index contributed by atoms with van der Waals surface area (Å²) in [4.78, 5) is 18.1. The Morgan fingerprint density at radius 1 is 1.29 bits per heavy atom. The van der Waals surface area contributed by atoms with Gasteiger partial charge in [0, 0.05) is 11.8 Å². The molecule has 1 aromatic heterocycles. The highest BCUT2D eigenvalue weighted by Crippen LogP contribution is 2.34. The SMILES string of the molecule is Cc1ccc(C(c2ccccc2F)N2CCCCC2C(=O)O)nc1. The molecule has 5 heteroatoms. The van der Waals surface area contributed by atoms with Gasteiger partial charge in [-0.15, -0.1) is 0 Å². The molecule has 0 spiro atoms. The van der Waals surface area contributed by atoms with E-state index in [0.29, 0.717) is 24.2 Å². The number of aromatic nitrogens is 1. The van der Waals surface area contributed by atoms with Crippen molar-refractivity contribution in [3.63, 3.8) is 0 Å². The summed E-state index contributed by atoms with van der Waals surface area (Å²) in [5, 5.41) is 9.61. The molecule has 1 aliphatic rings. The van der Waals surface area contributed by atoms with Crippen LogP contribution in [0.15, 0.2) is 42.6 Å². The summed E-state index contributed by atoms with van der Waals surface area (Å²) in [6, 6.07) is 9.23. The minimum absolute atomic E-state index is 0.334. The van der Waals surface area contributed by atoms with Gasteiger partial charge in [-0.05, 0) is 44.0 Å². The largest absolute Gasteiger partial charge is 0.480 e. The van der Waals surface area contributed by atoms with Crippen LogP contribution in [-0.4, -0.2) is 33.5 Å². The molecule has 0 saturated carbocycles. The first-order valence-corrected chi connectivity index (χ1v) is 8.23. The van der Waals surface area contributed by atoms with Crippen LogP contribution >= 0.6 is 0 Å². The highest BCUT2D eigenvalue weighted by Gasteiger charge is 2.36. The number of halogens is 1. The second-order valence-electron chi connectivity index (χ2n) is 6.27. The van der Waals surface area contributed by atoms with Gasteiger partial charge in [0.05, 0.1) is 11.7 Å². The van der Waals surface area contributed by atoms with Crippen LogP contribution in [0.25, 0.3) is 0 Å². The number of nitrogens with zero attached hydrogens (tertiary/aromatic N) is 2. The first-order chi connectivity index (χ1) is 11.6. The van der Waals surface area contributed by atoms with Gasteiger partial charge in [-0.25, -0.2) is 4.39 Å². The number of benzene rings is 1. The monoisotopic (exact) mass is 328 g/mol. The van der Waals surface area contributed by atoms with E-state index < -0.39 is 18.1 Å². The highest BCUT2D eigenvalue weighted by molar-refractivity contribution is 5.73. The van der Waals surface area contributed by atoms with Gasteiger partial charge >= 0.3 is 5.97 Å². The average molecular weight is 328 g/mol. The van der Waals surface area contributed by atoms with Crippen molar-refractivity contribution in [1.29, 1.82) is 0 Å². The number of carbonyl (C=O) groups is 1. The van der Waals surface area contributed by atoms with E-state index in [2.05, 4.69) is 4.98 Å². The summed E-state index contributed by atoms with van der Waals surface area (Å²) in [7, 11) is 0. The molecule has 0 radical (unpaired) electrons. The summed E-state index contributed by atoms with van der Waals surface area (Å²) in [5.74, 6) is -1.19. The molecule has 1 saturated heterocycles. The van der Waals surface area contributed by atoms with Gasteiger partial charge in [0.25, 0.3) is 0 Å². The molecule has 1 fully saturated rings. The lowest BCUT2D eigenvalue weighted by atomic mass is 9.93. The normalized spacial score (nSPS) is 19.8. The van der Waals surface area contributed by atoms with Gasteiger partial charge in [0.15, 0.2) is 0 Å². The Balaban J connectivity index is 2.09. The highest BCUT2D eigenvalue weighted by atomic mass is 19.1. The number of hydrogen-bond acceptors (Lipinski definition) is 3. The van der Waals surface area contributed by atoms with E-state index in [4.69, 9.17) is 0 Å². The van der Waals surface area contributed by atoms with Crippen LogP contribution in [0.5, 0.6) is 0 Å². The lowest BCUT2D eigenvalue weighted by molar-refractivity contribution is -0.145. The smallest absolute Gasteiger partial charge is 0.320 e. The van der Waals surface area contributed by atoms with Gasteiger partial charge in [-0.2, -0.15) is 0 Å². The zero-order chi connectivity index (χ0) is 17.1. The van der Waals surface area contributed by atoms with E-state index in [1.54, 1.807) is 24.4 Å². The van der Waals surface area contributed by atoms with Gasteiger partial charge < -0.3 is 5.11 Å². The molecular weight excluding hydrogens is 307 g/mol. The molecule has 2 heterocycles. The van der Waals surface area contributed by atoms with Gasteiger partial charge in [0.2, 0.25) is 0 Å². The summed E-state index contributed by atoms with van der Waals surface area (Å²) in [5.41, 5.74) is 2.17. The van der Waals surface area contributed by atoms with Gasteiger partial charge in [-0.1, -0.05) is 30.7 Å². The van der Waals surface area contributed by atoms with Crippen LogP contribution in [0, 0.1) is 12.7 Å². The third kappa shape index (κ3) is 3.31. The van der Waals surface area contributed by atoms with Gasteiger partial charge in [-0.3, -0.25) is 14.7 Å². The van der Waals surface area contributed by atoms with Crippen LogP contribution in [-0.2, 0) is 4.79 Å². The zero-order valence-electron chi connectivity index (χ0n) is 13.7. The Labute approximate surface area is 141 Å². The van der Waals surface area contributed by atoms with Crippen molar-refractivity contribution in [3.8, 4) is 0 Å². The van der Waals surface area contributed by atoms with Gasteiger partial charge in [0.1, 0.15) is 11.9 Å². The van der Waals surface area contributed by atoms with E-state index in [9.17, 15) is 14.3 Å². The number of aliphatic carboxylic acids is 1. The Morgan fingerprint density at radius 3 is 2.75 bits per heavy atom. The van der Waals surface area contributed by atoms with Crippen molar-refractivity contribution in [1.82, 2.24) is 9.88 Å². The van der Waals surface area contributed by atoms with Crippen molar-refractivity contribution in [2.75, 3.05) is 6.54 Å². The number of carboxylic acid groups (broad SMARTS) is 1. The predicted molar refractivity (Wildman–Crippen MR) is 89.2 cm³/mol. The van der Waals surface area contributed by atoms with E-state index in [1.807, 2.05) is 24.0 Å².